The maximum absolute atomic E-state index is 12.5. The highest BCUT2D eigenvalue weighted by molar-refractivity contribution is 5.91. The van der Waals surface area contributed by atoms with Crippen LogP contribution >= 0.6 is 0 Å². The molecule has 0 unspecified atom stereocenters. The van der Waals surface area contributed by atoms with Gasteiger partial charge in [-0.25, -0.2) is 4.68 Å². The van der Waals surface area contributed by atoms with Gasteiger partial charge in [-0.15, -0.1) is 5.10 Å². The molecule has 0 bridgehead atoms. The molecule has 8 heteroatoms. The van der Waals surface area contributed by atoms with E-state index in [0.29, 0.717) is 30.8 Å². The lowest BCUT2D eigenvalue weighted by Crippen LogP contribution is -2.51. The van der Waals surface area contributed by atoms with Crippen LogP contribution in [0.4, 0.5) is 0 Å². The number of hydrogen-bond acceptors (Lipinski definition) is 6. The van der Waals surface area contributed by atoms with Crippen molar-refractivity contribution in [1.29, 1.82) is 0 Å². The van der Waals surface area contributed by atoms with Crippen LogP contribution in [-0.2, 0) is 0 Å². The van der Waals surface area contributed by atoms with Crippen LogP contribution in [-0.4, -0.2) is 62.1 Å². The summed E-state index contributed by atoms with van der Waals surface area (Å²) in [5.74, 6) is 1.75. The molecule has 2 aromatic heterocycles. The average molecular weight is 387 g/mol. The largest absolute Gasteiger partial charge is 0.459 e. The van der Waals surface area contributed by atoms with Crippen LogP contribution < -0.4 is 0 Å². The molecule has 3 heterocycles. The summed E-state index contributed by atoms with van der Waals surface area (Å²) in [4.78, 5) is 16.8. The zero-order valence-corrected chi connectivity index (χ0v) is 16.8. The van der Waals surface area contributed by atoms with E-state index >= 15 is 0 Å². The van der Waals surface area contributed by atoms with E-state index in [1.54, 1.807) is 18.4 Å². The van der Waals surface area contributed by atoms with E-state index in [4.69, 9.17) is 4.42 Å². The Hall–Kier alpha value is -2.22. The van der Waals surface area contributed by atoms with Gasteiger partial charge in [-0.1, -0.05) is 33.1 Å². The summed E-state index contributed by atoms with van der Waals surface area (Å²) in [6.45, 7) is 7.46. The molecule has 1 aliphatic heterocycles. The van der Waals surface area contributed by atoms with Gasteiger partial charge in [0.15, 0.2) is 11.6 Å². The Morgan fingerprint density at radius 2 is 1.89 bits per heavy atom. The number of carbonyl (C=O) groups is 1. The molecule has 1 saturated heterocycles. The molecule has 8 nitrogen and oxygen atoms in total. The SMILES string of the molecule is CC(C)[C@@H](c1nnnn1C1CCCCC1)N1CCN(C(=O)c2ccco2)CC1. The van der Waals surface area contributed by atoms with Crippen LogP contribution in [0.15, 0.2) is 22.8 Å². The highest BCUT2D eigenvalue weighted by atomic mass is 16.3. The van der Waals surface area contributed by atoms with Crippen LogP contribution in [0.3, 0.4) is 0 Å². The fourth-order valence-electron chi connectivity index (χ4n) is 4.62. The second kappa shape index (κ2) is 8.43. The first-order chi connectivity index (χ1) is 13.6. The Morgan fingerprint density at radius 1 is 1.14 bits per heavy atom. The van der Waals surface area contributed by atoms with Gasteiger partial charge in [0, 0.05) is 26.2 Å². The number of amides is 1. The Bertz CT molecular complexity index is 758. The third-order valence-corrected chi connectivity index (χ3v) is 6.06. The molecule has 0 N–H and O–H groups in total. The van der Waals surface area contributed by atoms with Crippen molar-refractivity contribution in [2.75, 3.05) is 26.2 Å². The monoisotopic (exact) mass is 386 g/mol. The van der Waals surface area contributed by atoms with Gasteiger partial charge in [-0.05, 0) is 41.3 Å². The van der Waals surface area contributed by atoms with Crippen LogP contribution in [0.5, 0.6) is 0 Å². The van der Waals surface area contributed by atoms with Crippen molar-refractivity contribution >= 4 is 5.91 Å². The van der Waals surface area contributed by atoms with Crippen LogP contribution in [0.25, 0.3) is 0 Å². The third kappa shape index (κ3) is 3.83. The van der Waals surface area contributed by atoms with Gasteiger partial charge in [0.25, 0.3) is 5.91 Å². The molecule has 4 rings (SSSR count). The van der Waals surface area contributed by atoms with Crippen LogP contribution in [0.2, 0.25) is 0 Å². The molecule has 1 saturated carbocycles. The van der Waals surface area contributed by atoms with E-state index < -0.39 is 0 Å². The van der Waals surface area contributed by atoms with Crippen molar-refractivity contribution in [3.8, 4) is 0 Å². The third-order valence-electron chi connectivity index (χ3n) is 6.06. The molecule has 2 aromatic rings. The molecular weight excluding hydrogens is 356 g/mol. The summed E-state index contributed by atoms with van der Waals surface area (Å²) in [6, 6.07) is 4.06. The van der Waals surface area contributed by atoms with E-state index in [9.17, 15) is 4.79 Å². The van der Waals surface area contributed by atoms with Crippen molar-refractivity contribution in [3.63, 3.8) is 0 Å². The standard InChI is InChI=1S/C20H30N6O2/c1-15(2)18(19-21-22-23-26(19)16-7-4-3-5-8-16)24-10-12-25(13-11-24)20(27)17-9-6-14-28-17/h6,9,14-16,18H,3-5,7-8,10-13H2,1-2H3/t18-/m0/s1. The fourth-order valence-corrected chi connectivity index (χ4v) is 4.62. The molecular formula is C20H30N6O2. The lowest BCUT2D eigenvalue weighted by molar-refractivity contribution is 0.0458. The van der Waals surface area contributed by atoms with Crippen molar-refractivity contribution < 1.29 is 9.21 Å². The molecule has 152 valence electrons. The van der Waals surface area contributed by atoms with Crippen molar-refractivity contribution in [3.05, 3.63) is 30.0 Å². The Kier molecular flexibility index (Phi) is 5.75. The summed E-state index contributed by atoms with van der Waals surface area (Å²) in [6.07, 6.45) is 7.69. The molecule has 1 aliphatic carbocycles. The fraction of sp³-hybridized carbons (Fsp3) is 0.700. The van der Waals surface area contributed by atoms with Gasteiger partial charge >= 0.3 is 0 Å². The number of nitrogens with zero attached hydrogens (tertiary/aromatic N) is 6. The molecule has 0 radical (unpaired) electrons. The summed E-state index contributed by atoms with van der Waals surface area (Å²) >= 11 is 0. The van der Waals surface area contributed by atoms with Gasteiger partial charge in [0.1, 0.15) is 0 Å². The van der Waals surface area contributed by atoms with Crippen LogP contribution in [0.1, 0.15) is 74.4 Å². The number of furan rings is 1. The number of rotatable bonds is 5. The van der Waals surface area contributed by atoms with Gasteiger partial charge in [0.2, 0.25) is 0 Å². The second-order valence-electron chi connectivity index (χ2n) is 8.27. The van der Waals surface area contributed by atoms with E-state index in [-0.39, 0.29) is 11.9 Å². The normalized spacial score (nSPS) is 20.6. The Labute approximate surface area is 165 Å². The number of carbonyl (C=O) groups excluding carboxylic acids is 1. The maximum atomic E-state index is 12.5. The summed E-state index contributed by atoms with van der Waals surface area (Å²) in [5.41, 5.74) is 0. The number of tetrazole rings is 1. The zero-order chi connectivity index (χ0) is 19.5. The molecule has 1 amide bonds. The van der Waals surface area contributed by atoms with E-state index in [2.05, 4.69) is 39.0 Å². The number of aromatic nitrogens is 4. The first-order valence-electron chi connectivity index (χ1n) is 10.5. The van der Waals surface area contributed by atoms with E-state index in [0.717, 1.165) is 31.8 Å². The quantitative estimate of drug-likeness (QED) is 0.786. The van der Waals surface area contributed by atoms with Gasteiger partial charge in [0.05, 0.1) is 18.3 Å². The molecule has 0 spiro atoms. The highest BCUT2D eigenvalue weighted by Crippen LogP contribution is 2.33. The maximum Gasteiger partial charge on any atom is 0.289 e. The molecule has 2 aliphatic rings. The lowest BCUT2D eigenvalue weighted by atomic mass is 9.94. The summed E-state index contributed by atoms with van der Waals surface area (Å²) < 4.78 is 7.36. The highest BCUT2D eigenvalue weighted by Gasteiger charge is 2.34. The topological polar surface area (TPSA) is 80.3 Å². The van der Waals surface area contributed by atoms with Crippen LogP contribution in [0, 0.1) is 5.92 Å². The minimum atomic E-state index is -0.0298. The molecule has 1 atom stereocenters. The van der Waals surface area contributed by atoms with Gasteiger partial charge < -0.3 is 9.32 Å². The van der Waals surface area contributed by atoms with Gasteiger partial charge in [-0.3, -0.25) is 9.69 Å². The van der Waals surface area contributed by atoms with E-state index in [1.165, 1.54) is 19.3 Å². The molecule has 0 aromatic carbocycles. The number of piperazine rings is 1. The van der Waals surface area contributed by atoms with Crippen molar-refractivity contribution in [2.45, 2.75) is 58.0 Å². The zero-order valence-electron chi connectivity index (χ0n) is 16.8. The number of hydrogen-bond donors (Lipinski definition) is 0. The molecule has 28 heavy (non-hydrogen) atoms. The Balaban J connectivity index is 1.46. The first-order valence-corrected chi connectivity index (χ1v) is 10.5. The predicted octanol–water partition coefficient (Wildman–Crippen LogP) is 2.93. The molecule has 2 fully saturated rings. The first kappa shape index (κ1) is 19.1. The Morgan fingerprint density at radius 3 is 2.54 bits per heavy atom. The lowest BCUT2D eigenvalue weighted by Gasteiger charge is -2.40. The summed E-state index contributed by atoms with van der Waals surface area (Å²) in [5, 5.41) is 12.8. The second-order valence-corrected chi connectivity index (χ2v) is 8.27. The summed E-state index contributed by atoms with van der Waals surface area (Å²) in [7, 11) is 0. The minimum Gasteiger partial charge on any atom is -0.459 e. The van der Waals surface area contributed by atoms with Crippen molar-refractivity contribution in [2.24, 2.45) is 5.92 Å². The minimum absolute atomic E-state index is 0.0298. The smallest absolute Gasteiger partial charge is 0.289 e. The van der Waals surface area contributed by atoms with Gasteiger partial charge in [-0.2, -0.15) is 0 Å². The average Bonchev–Trinajstić information content (AvgIpc) is 3.41. The van der Waals surface area contributed by atoms with E-state index in [1.807, 2.05) is 4.90 Å². The van der Waals surface area contributed by atoms with Crippen molar-refractivity contribution in [1.82, 2.24) is 30.0 Å². The predicted molar refractivity (Wildman–Crippen MR) is 104 cm³/mol.